The van der Waals surface area contributed by atoms with E-state index in [1.165, 1.54) is 18.0 Å². The van der Waals surface area contributed by atoms with Crippen molar-refractivity contribution in [3.05, 3.63) is 6.33 Å². The molecule has 0 bridgehead atoms. The van der Waals surface area contributed by atoms with Gasteiger partial charge in [0.2, 0.25) is 0 Å². The molecular formula is C8H15N3S2. The highest BCUT2D eigenvalue weighted by atomic mass is 32.2. The van der Waals surface area contributed by atoms with Gasteiger partial charge in [-0.15, -0.1) is 0 Å². The summed E-state index contributed by atoms with van der Waals surface area (Å²) in [4.78, 5) is 4.13. The number of hydrogen-bond acceptors (Lipinski definition) is 5. The maximum Gasteiger partial charge on any atom is 0.170 e. The topological polar surface area (TPSA) is 37.8 Å². The lowest BCUT2D eigenvalue weighted by molar-refractivity contribution is 0.669. The van der Waals surface area contributed by atoms with Crippen LogP contribution in [0.15, 0.2) is 10.7 Å². The van der Waals surface area contributed by atoms with Crippen molar-refractivity contribution in [3.63, 3.8) is 0 Å². The Morgan fingerprint density at radius 1 is 1.69 bits per heavy atom. The average molecular weight is 217 g/mol. The molecule has 0 aliphatic rings. The smallest absolute Gasteiger partial charge is 0.170 e. The minimum atomic E-state index is 0.569. The first-order valence-corrected chi connectivity index (χ1v) is 6.12. The SMILES string of the molecule is CCCNCC(C)Sc1ncns1. The van der Waals surface area contributed by atoms with Gasteiger partial charge in [-0.2, -0.15) is 4.37 Å². The maximum absolute atomic E-state index is 4.13. The third-order valence-corrected chi connectivity index (χ3v) is 3.35. The first kappa shape index (κ1) is 10.9. The number of thioether (sulfide) groups is 1. The van der Waals surface area contributed by atoms with Gasteiger partial charge in [0, 0.05) is 11.8 Å². The van der Waals surface area contributed by atoms with E-state index in [9.17, 15) is 0 Å². The molecule has 1 atom stereocenters. The molecule has 1 heterocycles. The van der Waals surface area contributed by atoms with Gasteiger partial charge >= 0.3 is 0 Å². The summed E-state index contributed by atoms with van der Waals surface area (Å²) in [5.74, 6) is 0. The summed E-state index contributed by atoms with van der Waals surface area (Å²) in [6.45, 7) is 6.52. The third kappa shape index (κ3) is 4.59. The van der Waals surface area contributed by atoms with Gasteiger partial charge in [-0.05, 0) is 24.5 Å². The molecule has 0 fully saturated rings. The van der Waals surface area contributed by atoms with Gasteiger partial charge in [0.15, 0.2) is 4.34 Å². The molecule has 5 heteroatoms. The van der Waals surface area contributed by atoms with E-state index in [1.54, 1.807) is 18.1 Å². The van der Waals surface area contributed by atoms with E-state index in [-0.39, 0.29) is 0 Å². The van der Waals surface area contributed by atoms with Crippen LogP contribution in [0.2, 0.25) is 0 Å². The first-order chi connectivity index (χ1) is 6.33. The molecule has 1 aromatic rings. The van der Waals surface area contributed by atoms with E-state index in [1.807, 2.05) is 0 Å². The van der Waals surface area contributed by atoms with Gasteiger partial charge in [0.05, 0.1) is 0 Å². The molecule has 0 aliphatic carbocycles. The molecule has 0 amide bonds. The summed E-state index contributed by atoms with van der Waals surface area (Å²) < 4.78 is 5.02. The molecule has 0 aliphatic heterocycles. The summed E-state index contributed by atoms with van der Waals surface area (Å²) in [6.07, 6.45) is 2.80. The van der Waals surface area contributed by atoms with Crippen LogP contribution in [0.5, 0.6) is 0 Å². The lowest BCUT2D eigenvalue weighted by Crippen LogP contribution is -2.23. The van der Waals surface area contributed by atoms with Crippen molar-refractivity contribution in [1.29, 1.82) is 0 Å². The second-order valence-corrected chi connectivity index (χ2v) is 5.31. The molecule has 0 spiro atoms. The second kappa shape index (κ2) is 6.34. The standard InChI is InChI=1S/C8H15N3S2/c1-3-4-9-5-7(2)12-8-10-6-11-13-8/h6-7,9H,3-5H2,1-2H3. The third-order valence-electron chi connectivity index (χ3n) is 1.50. The Labute approximate surface area is 87.5 Å². The minimum absolute atomic E-state index is 0.569. The number of nitrogens with zero attached hydrogens (tertiary/aromatic N) is 2. The van der Waals surface area contributed by atoms with Crippen LogP contribution in [0.1, 0.15) is 20.3 Å². The number of nitrogens with one attached hydrogen (secondary N) is 1. The molecule has 13 heavy (non-hydrogen) atoms. The zero-order valence-electron chi connectivity index (χ0n) is 7.99. The van der Waals surface area contributed by atoms with Crippen LogP contribution < -0.4 is 5.32 Å². The fraction of sp³-hybridized carbons (Fsp3) is 0.750. The van der Waals surface area contributed by atoms with Crippen LogP contribution in [0.25, 0.3) is 0 Å². The van der Waals surface area contributed by atoms with Crippen LogP contribution in [0.3, 0.4) is 0 Å². The normalized spacial score (nSPS) is 13.1. The first-order valence-electron chi connectivity index (χ1n) is 4.47. The highest BCUT2D eigenvalue weighted by Gasteiger charge is 2.05. The molecule has 3 nitrogen and oxygen atoms in total. The summed E-state index contributed by atoms with van der Waals surface area (Å²) in [7, 11) is 0. The van der Waals surface area contributed by atoms with Crippen molar-refractivity contribution in [2.45, 2.75) is 29.9 Å². The summed E-state index contributed by atoms with van der Waals surface area (Å²) in [6, 6.07) is 0. The molecular weight excluding hydrogens is 202 g/mol. The van der Waals surface area contributed by atoms with Crippen LogP contribution in [-0.2, 0) is 0 Å². The van der Waals surface area contributed by atoms with Crippen molar-refractivity contribution in [2.75, 3.05) is 13.1 Å². The maximum atomic E-state index is 4.13. The van der Waals surface area contributed by atoms with Gasteiger partial charge in [0.25, 0.3) is 0 Å². The molecule has 74 valence electrons. The highest BCUT2D eigenvalue weighted by molar-refractivity contribution is 8.01. The molecule has 0 saturated carbocycles. The van der Waals surface area contributed by atoms with E-state index in [0.29, 0.717) is 5.25 Å². The van der Waals surface area contributed by atoms with Crippen molar-refractivity contribution < 1.29 is 0 Å². The van der Waals surface area contributed by atoms with Crippen molar-refractivity contribution >= 4 is 23.3 Å². The van der Waals surface area contributed by atoms with E-state index in [4.69, 9.17) is 0 Å². The fourth-order valence-electron chi connectivity index (χ4n) is 0.911. The van der Waals surface area contributed by atoms with Gasteiger partial charge in [-0.25, -0.2) is 4.98 Å². The Morgan fingerprint density at radius 3 is 3.15 bits per heavy atom. The molecule has 1 N–H and O–H groups in total. The molecule has 1 rings (SSSR count). The monoisotopic (exact) mass is 217 g/mol. The summed E-state index contributed by atoms with van der Waals surface area (Å²) in [5, 5.41) is 3.95. The minimum Gasteiger partial charge on any atom is -0.316 e. The van der Waals surface area contributed by atoms with Crippen molar-refractivity contribution in [1.82, 2.24) is 14.7 Å². The Balaban J connectivity index is 2.14. The Hall–Kier alpha value is -0.130. The van der Waals surface area contributed by atoms with Gasteiger partial charge < -0.3 is 5.32 Å². The summed E-state index contributed by atoms with van der Waals surface area (Å²) >= 11 is 3.25. The van der Waals surface area contributed by atoms with Crippen LogP contribution in [0.4, 0.5) is 0 Å². The molecule has 0 saturated heterocycles. The quantitative estimate of drug-likeness (QED) is 0.584. The lowest BCUT2D eigenvalue weighted by Gasteiger charge is -2.08. The van der Waals surface area contributed by atoms with Gasteiger partial charge in [0.1, 0.15) is 6.33 Å². The van der Waals surface area contributed by atoms with E-state index in [0.717, 1.165) is 17.4 Å². The van der Waals surface area contributed by atoms with Crippen molar-refractivity contribution in [2.24, 2.45) is 0 Å². The van der Waals surface area contributed by atoms with Crippen LogP contribution >= 0.6 is 23.3 Å². The highest BCUT2D eigenvalue weighted by Crippen LogP contribution is 2.22. The van der Waals surface area contributed by atoms with E-state index in [2.05, 4.69) is 28.5 Å². The predicted octanol–water partition coefficient (Wildman–Crippen LogP) is 2.02. The fourth-order valence-corrected chi connectivity index (χ4v) is 2.64. The largest absolute Gasteiger partial charge is 0.316 e. The lowest BCUT2D eigenvalue weighted by atomic mass is 10.4. The number of aromatic nitrogens is 2. The Bertz CT molecular complexity index is 213. The molecule has 1 aromatic heterocycles. The number of rotatable bonds is 6. The van der Waals surface area contributed by atoms with Crippen molar-refractivity contribution in [3.8, 4) is 0 Å². The molecule has 0 aromatic carbocycles. The predicted molar refractivity (Wildman–Crippen MR) is 58.4 cm³/mol. The zero-order valence-corrected chi connectivity index (χ0v) is 9.62. The Morgan fingerprint density at radius 2 is 2.54 bits per heavy atom. The van der Waals surface area contributed by atoms with E-state index >= 15 is 0 Å². The van der Waals surface area contributed by atoms with Crippen LogP contribution in [-0.4, -0.2) is 27.7 Å². The van der Waals surface area contributed by atoms with E-state index < -0.39 is 0 Å². The van der Waals surface area contributed by atoms with Crippen LogP contribution in [0, 0.1) is 0 Å². The molecule has 0 radical (unpaired) electrons. The second-order valence-electron chi connectivity index (χ2n) is 2.84. The number of hydrogen-bond donors (Lipinski definition) is 1. The zero-order chi connectivity index (χ0) is 9.52. The van der Waals surface area contributed by atoms with Gasteiger partial charge in [-0.3, -0.25) is 0 Å². The molecule has 1 unspecified atom stereocenters. The van der Waals surface area contributed by atoms with Gasteiger partial charge in [-0.1, -0.05) is 25.6 Å². The average Bonchev–Trinajstić information content (AvgIpc) is 2.57. The Kier molecular flexibility index (Phi) is 5.34. The summed E-state index contributed by atoms with van der Waals surface area (Å²) in [5.41, 5.74) is 0.